The van der Waals surface area contributed by atoms with Crippen molar-refractivity contribution in [3.05, 3.63) is 11.1 Å². The van der Waals surface area contributed by atoms with E-state index in [1.807, 2.05) is 6.92 Å². The quantitative estimate of drug-likeness (QED) is 0.258. The molecule has 0 rings (SSSR count). The Morgan fingerprint density at radius 1 is 0.941 bits per heavy atom. The molecule has 0 atom stereocenters. The number of carboxylic acid groups (broad SMARTS) is 2. The molecule has 0 aromatic heterocycles. The van der Waals surface area contributed by atoms with Gasteiger partial charge in [0.15, 0.2) is 0 Å². The molecule has 0 heterocycles. The fraction of sp³-hybridized carbons (Fsp3) is 0.636. The van der Waals surface area contributed by atoms with Crippen LogP contribution in [-0.4, -0.2) is 11.9 Å². The Bertz CT molecular complexity index is 275. The van der Waals surface area contributed by atoms with Crippen molar-refractivity contribution in [1.82, 2.24) is 0 Å². The Balaban J connectivity index is -0.000000980. The van der Waals surface area contributed by atoms with Crippen LogP contribution in [0.25, 0.3) is 0 Å². The second kappa shape index (κ2) is 13.1. The van der Waals surface area contributed by atoms with Gasteiger partial charge in [-0.3, -0.25) is 0 Å². The number of unbranched alkanes of at least 4 members (excludes halogenated alkanes) is 3. The summed E-state index contributed by atoms with van der Waals surface area (Å²) >= 11 is 0. The average Bonchev–Trinajstić information content (AvgIpc) is 2.16. The Morgan fingerprint density at radius 2 is 1.47 bits per heavy atom. The Kier molecular flexibility index (Phi) is 17.6. The predicted molar refractivity (Wildman–Crippen MR) is 51.5 cm³/mol. The van der Waals surface area contributed by atoms with E-state index in [0.717, 1.165) is 19.3 Å². The maximum atomic E-state index is 10.6. The van der Waals surface area contributed by atoms with Crippen LogP contribution in [0.4, 0.5) is 0 Å². The van der Waals surface area contributed by atoms with Crippen molar-refractivity contribution in [2.45, 2.75) is 46.0 Å². The zero-order valence-electron chi connectivity index (χ0n) is 11.2. The third-order valence-electron chi connectivity index (χ3n) is 2.29. The minimum Gasteiger partial charge on any atom is -0.545 e. The fourth-order valence-electron chi connectivity index (χ4n) is 1.29. The Morgan fingerprint density at radius 3 is 1.82 bits per heavy atom. The summed E-state index contributed by atoms with van der Waals surface area (Å²) in [7, 11) is 0. The van der Waals surface area contributed by atoms with Gasteiger partial charge in [-0.25, -0.2) is 0 Å². The minimum absolute atomic E-state index is 0. The average molecular weight is 258 g/mol. The monoisotopic (exact) mass is 258 g/mol. The molecule has 6 heteroatoms. The van der Waals surface area contributed by atoms with E-state index in [0.29, 0.717) is 6.42 Å². The molecule has 0 saturated carbocycles. The second-order valence-electron chi connectivity index (χ2n) is 3.49. The third-order valence-corrected chi connectivity index (χ3v) is 2.29. The summed E-state index contributed by atoms with van der Waals surface area (Å²) in [6.07, 6.45) is 3.87. The maximum Gasteiger partial charge on any atom is 1.00 e. The smallest absolute Gasteiger partial charge is 0.545 e. The summed E-state index contributed by atoms with van der Waals surface area (Å²) in [6, 6.07) is 0. The fourth-order valence-corrected chi connectivity index (χ4v) is 1.29. The number of carboxylic acids is 2. The van der Waals surface area contributed by atoms with Crippen LogP contribution in [0.15, 0.2) is 11.1 Å². The van der Waals surface area contributed by atoms with E-state index in [1.54, 1.807) is 0 Å². The predicted octanol–water partition coefficient (Wildman–Crippen LogP) is -6.22. The van der Waals surface area contributed by atoms with Gasteiger partial charge in [-0.05, 0) is 30.9 Å². The molecule has 0 aliphatic heterocycles. The summed E-state index contributed by atoms with van der Waals surface area (Å²) < 4.78 is 0. The minimum atomic E-state index is -1.44. The molecular formula is C11H16Na2O4. The van der Waals surface area contributed by atoms with Gasteiger partial charge in [-0.1, -0.05) is 26.2 Å². The standard InChI is InChI=1S/C11H18O4.2Na/c1-3-4-5-6-7-9(11(14)15)8(2)10(12)13;;/h3-7H2,1-2H3,(H,12,13)(H,14,15);;/q;2*+1/p-2/b9-8-;;. The number of carbonyl (C=O) groups is 2. The molecule has 0 aromatic rings. The van der Waals surface area contributed by atoms with Crippen molar-refractivity contribution in [1.29, 1.82) is 0 Å². The van der Waals surface area contributed by atoms with Gasteiger partial charge in [-0.2, -0.15) is 0 Å². The van der Waals surface area contributed by atoms with Gasteiger partial charge in [0.1, 0.15) is 0 Å². The first-order valence-electron chi connectivity index (χ1n) is 5.13. The Labute approximate surface area is 146 Å². The first-order valence-corrected chi connectivity index (χ1v) is 5.13. The molecule has 0 N–H and O–H groups in total. The number of hydrogen-bond acceptors (Lipinski definition) is 4. The molecule has 0 fully saturated rings. The first-order chi connectivity index (χ1) is 7.00. The molecular weight excluding hydrogens is 242 g/mol. The van der Waals surface area contributed by atoms with Gasteiger partial charge in [0.25, 0.3) is 0 Å². The van der Waals surface area contributed by atoms with Crippen LogP contribution < -0.4 is 69.3 Å². The SMILES string of the molecule is CCCCCC/C(C(=O)[O-])=C(\C)C(=O)[O-].[Na+].[Na+]. The zero-order chi connectivity index (χ0) is 11.8. The van der Waals surface area contributed by atoms with Crippen molar-refractivity contribution >= 4 is 11.9 Å². The second-order valence-corrected chi connectivity index (χ2v) is 3.49. The maximum absolute atomic E-state index is 10.6. The van der Waals surface area contributed by atoms with E-state index in [2.05, 4.69) is 0 Å². The first kappa shape index (κ1) is 22.8. The van der Waals surface area contributed by atoms with E-state index in [-0.39, 0.29) is 76.7 Å². The van der Waals surface area contributed by atoms with Gasteiger partial charge in [0, 0.05) is 0 Å². The van der Waals surface area contributed by atoms with E-state index in [9.17, 15) is 19.8 Å². The van der Waals surface area contributed by atoms with Gasteiger partial charge in [-0.15, -0.1) is 0 Å². The summed E-state index contributed by atoms with van der Waals surface area (Å²) in [5.41, 5.74) is -0.377. The van der Waals surface area contributed by atoms with E-state index >= 15 is 0 Å². The summed E-state index contributed by atoms with van der Waals surface area (Å²) in [5, 5.41) is 21.1. The van der Waals surface area contributed by atoms with Crippen LogP contribution in [0.5, 0.6) is 0 Å². The molecule has 4 nitrogen and oxygen atoms in total. The molecule has 0 aromatic carbocycles. The van der Waals surface area contributed by atoms with Crippen molar-refractivity contribution in [2.24, 2.45) is 0 Å². The van der Waals surface area contributed by atoms with Crippen LogP contribution in [0.1, 0.15) is 46.0 Å². The van der Waals surface area contributed by atoms with Crippen LogP contribution in [-0.2, 0) is 9.59 Å². The molecule has 0 aliphatic rings. The molecule has 0 bridgehead atoms. The van der Waals surface area contributed by atoms with E-state index in [1.165, 1.54) is 6.92 Å². The van der Waals surface area contributed by atoms with Gasteiger partial charge in [0.05, 0.1) is 11.9 Å². The van der Waals surface area contributed by atoms with Gasteiger partial charge >= 0.3 is 59.1 Å². The molecule has 0 amide bonds. The normalized spacial score (nSPS) is 10.7. The van der Waals surface area contributed by atoms with Crippen LogP contribution in [0.2, 0.25) is 0 Å². The molecule has 0 saturated heterocycles. The van der Waals surface area contributed by atoms with Gasteiger partial charge in [0.2, 0.25) is 0 Å². The van der Waals surface area contributed by atoms with E-state index in [4.69, 9.17) is 0 Å². The van der Waals surface area contributed by atoms with Crippen LogP contribution in [0.3, 0.4) is 0 Å². The topological polar surface area (TPSA) is 80.3 Å². The largest absolute Gasteiger partial charge is 1.00 e. The van der Waals surface area contributed by atoms with Gasteiger partial charge < -0.3 is 19.8 Å². The Hall–Kier alpha value is 0.680. The number of carbonyl (C=O) groups excluding carboxylic acids is 2. The molecule has 17 heavy (non-hydrogen) atoms. The van der Waals surface area contributed by atoms with Crippen molar-refractivity contribution < 1.29 is 78.9 Å². The van der Waals surface area contributed by atoms with Crippen molar-refractivity contribution in [3.8, 4) is 0 Å². The van der Waals surface area contributed by atoms with Crippen molar-refractivity contribution in [3.63, 3.8) is 0 Å². The third kappa shape index (κ3) is 10.3. The molecule has 0 unspecified atom stereocenters. The van der Waals surface area contributed by atoms with Crippen LogP contribution in [0, 0.1) is 0 Å². The molecule has 86 valence electrons. The molecule has 0 spiro atoms. The summed E-state index contributed by atoms with van der Waals surface area (Å²) in [4.78, 5) is 21.1. The molecule has 0 aliphatic carbocycles. The number of rotatable bonds is 7. The van der Waals surface area contributed by atoms with Crippen LogP contribution >= 0.6 is 0 Å². The summed E-state index contributed by atoms with van der Waals surface area (Å²) in [5.74, 6) is -2.85. The van der Waals surface area contributed by atoms with E-state index < -0.39 is 11.9 Å². The summed E-state index contributed by atoms with van der Waals surface area (Å²) in [6.45, 7) is 3.28. The number of hydrogen-bond donors (Lipinski definition) is 0. The molecule has 0 radical (unpaired) electrons. The zero-order valence-corrected chi connectivity index (χ0v) is 15.2. The van der Waals surface area contributed by atoms with Crippen molar-refractivity contribution in [2.75, 3.05) is 0 Å². The number of aliphatic carboxylic acids is 2.